The van der Waals surface area contributed by atoms with Crippen molar-refractivity contribution in [2.75, 3.05) is 25.6 Å². The minimum atomic E-state index is 0.355. The third-order valence-electron chi connectivity index (χ3n) is 3.34. The molecule has 0 aliphatic carbocycles. The van der Waals surface area contributed by atoms with Gasteiger partial charge in [0.05, 0.1) is 12.0 Å². The standard InChI is InChI=1S/C13H17N3OS/c1-3-9-6-10-12(14-2)15-11(16-13(10)18-9)8-4-5-17-7-8/h6,8H,3-5,7H2,1-2H3,(H,14,15,16). The summed E-state index contributed by atoms with van der Waals surface area (Å²) in [6.07, 6.45) is 2.08. The number of hydrogen-bond donors (Lipinski definition) is 1. The van der Waals surface area contributed by atoms with Gasteiger partial charge in [0.25, 0.3) is 0 Å². The third-order valence-corrected chi connectivity index (χ3v) is 4.51. The van der Waals surface area contributed by atoms with Crippen LogP contribution in [0.25, 0.3) is 10.2 Å². The summed E-state index contributed by atoms with van der Waals surface area (Å²) in [4.78, 5) is 11.8. The Balaban J connectivity index is 2.10. The highest BCUT2D eigenvalue weighted by Crippen LogP contribution is 2.32. The van der Waals surface area contributed by atoms with Crippen LogP contribution in [0.4, 0.5) is 5.82 Å². The van der Waals surface area contributed by atoms with E-state index >= 15 is 0 Å². The summed E-state index contributed by atoms with van der Waals surface area (Å²) in [6, 6.07) is 2.20. The van der Waals surface area contributed by atoms with Crippen LogP contribution >= 0.6 is 11.3 Å². The van der Waals surface area contributed by atoms with Crippen molar-refractivity contribution in [1.29, 1.82) is 0 Å². The Kier molecular flexibility index (Phi) is 3.18. The number of nitrogens with zero attached hydrogens (tertiary/aromatic N) is 2. The second-order valence-electron chi connectivity index (χ2n) is 4.53. The Morgan fingerprint density at radius 1 is 1.50 bits per heavy atom. The molecule has 18 heavy (non-hydrogen) atoms. The molecular weight excluding hydrogens is 246 g/mol. The summed E-state index contributed by atoms with van der Waals surface area (Å²) in [5, 5.41) is 4.33. The highest BCUT2D eigenvalue weighted by atomic mass is 32.1. The first-order valence-corrected chi connectivity index (χ1v) is 7.19. The van der Waals surface area contributed by atoms with E-state index in [4.69, 9.17) is 9.72 Å². The number of anilines is 1. The Bertz CT molecular complexity index is 561. The second-order valence-corrected chi connectivity index (χ2v) is 5.64. The number of hydrogen-bond acceptors (Lipinski definition) is 5. The smallest absolute Gasteiger partial charge is 0.138 e. The molecule has 1 saturated heterocycles. The summed E-state index contributed by atoms with van der Waals surface area (Å²) in [7, 11) is 1.92. The predicted octanol–water partition coefficient (Wildman–Crippen LogP) is 2.80. The first-order valence-electron chi connectivity index (χ1n) is 6.37. The quantitative estimate of drug-likeness (QED) is 0.925. The van der Waals surface area contributed by atoms with Crippen molar-refractivity contribution in [1.82, 2.24) is 9.97 Å². The van der Waals surface area contributed by atoms with Gasteiger partial charge in [0.2, 0.25) is 0 Å². The molecule has 1 aliphatic rings. The van der Waals surface area contributed by atoms with Crippen molar-refractivity contribution >= 4 is 27.4 Å². The molecule has 0 bridgehead atoms. The Morgan fingerprint density at radius 2 is 2.39 bits per heavy atom. The summed E-state index contributed by atoms with van der Waals surface area (Å²) in [5.41, 5.74) is 0. The number of fused-ring (bicyclic) bond motifs is 1. The lowest BCUT2D eigenvalue weighted by atomic mass is 10.1. The molecule has 3 heterocycles. The van der Waals surface area contributed by atoms with E-state index in [0.29, 0.717) is 5.92 Å². The van der Waals surface area contributed by atoms with Gasteiger partial charge < -0.3 is 10.1 Å². The molecule has 1 unspecified atom stereocenters. The monoisotopic (exact) mass is 263 g/mol. The van der Waals surface area contributed by atoms with Crippen molar-refractivity contribution < 1.29 is 4.74 Å². The highest BCUT2D eigenvalue weighted by Gasteiger charge is 2.22. The molecule has 1 N–H and O–H groups in total. The topological polar surface area (TPSA) is 47.0 Å². The van der Waals surface area contributed by atoms with Gasteiger partial charge in [0.1, 0.15) is 16.5 Å². The highest BCUT2D eigenvalue weighted by molar-refractivity contribution is 7.18. The van der Waals surface area contributed by atoms with Crippen molar-refractivity contribution in [2.24, 2.45) is 0 Å². The molecule has 2 aromatic rings. The molecule has 1 aliphatic heterocycles. The van der Waals surface area contributed by atoms with E-state index in [1.165, 1.54) is 4.88 Å². The largest absolute Gasteiger partial charge is 0.381 e. The number of aromatic nitrogens is 2. The zero-order chi connectivity index (χ0) is 12.5. The summed E-state index contributed by atoms with van der Waals surface area (Å²) < 4.78 is 5.43. The maximum Gasteiger partial charge on any atom is 0.138 e. The fourth-order valence-electron chi connectivity index (χ4n) is 2.27. The van der Waals surface area contributed by atoms with Crippen molar-refractivity contribution in [2.45, 2.75) is 25.7 Å². The molecule has 0 saturated carbocycles. The van der Waals surface area contributed by atoms with Crippen molar-refractivity contribution in [3.05, 3.63) is 16.8 Å². The third kappa shape index (κ3) is 1.97. The molecule has 0 spiro atoms. The average molecular weight is 263 g/mol. The van der Waals surface area contributed by atoms with Crippen LogP contribution in [-0.4, -0.2) is 30.2 Å². The van der Waals surface area contributed by atoms with Crippen LogP contribution in [0.1, 0.15) is 30.0 Å². The molecule has 4 nitrogen and oxygen atoms in total. The van der Waals surface area contributed by atoms with Gasteiger partial charge in [-0.3, -0.25) is 0 Å². The number of rotatable bonds is 3. The van der Waals surface area contributed by atoms with E-state index < -0.39 is 0 Å². The predicted molar refractivity (Wildman–Crippen MR) is 74.5 cm³/mol. The molecule has 5 heteroatoms. The summed E-state index contributed by atoms with van der Waals surface area (Å²) >= 11 is 1.77. The lowest BCUT2D eigenvalue weighted by Crippen LogP contribution is -2.06. The van der Waals surface area contributed by atoms with E-state index in [1.807, 2.05) is 7.05 Å². The minimum Gasteiger partial charge on any atom is -0.381 e. The SMILES string of the molecule is CCc1cc2c(NC)nc(C3CCOC3)nc2s1. The van der Waals surface area contributed by atoms with Crippen LogP contribution in [0.5, 0.6) is 0 Å². The first-order chi connectivity index (χ1) is 8.81. The zero-order valence-electron chi connectivity index (χ0n) is 10.7. The van der Waals surface area contributed by atoms with Gasteiger partial charge in [-0.2, -0.15) is 0 Å². The molecule has 0 radical (unpaired) electrons. The number of nitrogens with one attached hydrogen (secondary N) is 1. The Labute approximate surface area is 110 Å². The minimum absolute atomic E-state index is 0.355. The van der Waals surface area contributed by atoms with E-state index in [0.717, 1.165) is 47.9 Å². The van der Waals surface area contributed by atoms with Gasteiger partial charge in [0.15, 0.2) is 0 Å². The lowest BCUT2D eigenvalue weighted by molar-refractivity contribution is 0.193. The molecule has 0 aromatic carbocycles. The lowest BCUT2D eigenvalue weighted by Gasteiger charge is -2.08. The van der Waals surface area contributed by atoms with Crippen molar-refractivity contribution in [3.8, 4) is 0 Å². The van der Waals surface area contributed by atoms with E-state index in [1.54, 1.807) is 11.3 Å². The van der Waals surface area contributed by atoms with Gasteiger partial charge in [-0.25, -0.2) is 9.97 Å². The maximum atomic E-state index is 5.43. The Morgan fingerprint density at radius 3 is 3.06 bits per heavy atom. The van der Waals surface area contributed by atoms with E-state index in [9.17, 15) is 0 Å². The summed E-state index contributed by atoms with van der Waals surface area (Å²) in [5.74, 6) is 2.22. The molecule has 0 amide bonds. The van der Waals surface area contributed by atoms with Crippen LogP contribution in [0.3, 0.4) is 0 Å². The number of thiophene rings is 1. The number of aryl methyl sites for hydroxylation is 1. The van der Waals surface area contributed by atoms with Crippen LogP contribution in [0.15, 0.2) is 6.07 Å². The maximum absolute atomic E-state index is 5.43. The van der Waals surface area contributed by atoms with Gasteiger partial charge >= 0.3 is 0 Å². The van der Waals surface area contributed by atoms with Crippen LogP contribution < -0.4 is 5.32 Å². The molecular formula is C13H17N3OS. The van der Waals surface area contributed by atoms with E-state index in [-0.39, 0.29) is 0 Å². The second kappa shape index (κ2) is 4.82. The molecule has 1 fully saturated rings. The fourth-order valence-corrected chi connectivity index (χ4v) is 3.25. The van der Waals surface area contributed by atoms with Crippen LogP contribution in [0, 0.1) is 0 Å². The number of ether oxygens (including phenoxy) is 1. The zero-order valence-corrected chi connectivity index (χ0v) is 11.5. The first kappa shape index (κ1) is 11.9. The molecule has 1 atom stereocenters. The molecule has 3 rings (SSSR count). The Hall–Kier alpha value is -1.20. The van der Waals surface area contributed by atoms with Crippen LogP contribution in [0.2, 0.25) is 0 Å². The van der Waals surface area contributed by atoms with E-state index in [2.05, 4.69) is 23.3 Å². The van der Waals surface area contributed by atoms with Crippen molar-refractivity contribution in [3.63, 3.8) is 0 Å². The van der Waals surface area contributed by atoms with Gasteiger partial charge in [0, 0.05) is 24.4 Å². The van der Waals surface area contributed by atoms with Crippen LogP contribution in [-0.2, 0) is 11.2 Å². The van der Waals surface area contributed by atoms with Gasteiger partial charge in [-0.15, -0.1) is 11.3 Å². The summed E-state index contributed by atoms with van der Waals surface area (Å²) in [6.45, 7) is 3.75. The molecule has 2 aromatic heterocycles. The van der Waals surface area contributed by atoms with Gasteiger partial charge in [-0.05, 0) is 18.9 Å². The van der Waals surface area contributed by atoms with Gasteiger partial charge in [-0.1, -0.05) is 6.92 Å². The normalized spacial score (nSPS) is 19.6. The fraction of sp³-hybridized carbons (Fsp3) is 0.538. The molecule has 96 valence electrons. The average Bonchev–Trinajstić information content (AvgIpc) is 3.05.